The number of aryl methyl sites for hydroxylation is 5. The van der Waals surface area contributed by atoms with Gasteiger partial charge in [0.1, 0.15) is 16.9 Å². The maximum absolute atomic E-state index is 14.8. The van der Waals surface area contributed by atoms with E-state index < -0.39 is 5.41 Å². The van der Waals surface area contributed by atoms with Gasteiger partial charge in [0.2, 0.25) is 0 Å². The molecule has 176 valence electrons. The summed E-state index contributed by atoms with van der Waals surface area (Å²) in [4.78, 5) is 16.6. The number of rotatable bonds is 3. The number of carbonyl (C=O) groups is 1. The van der Waals surface area contributed by atoms with Crippen LogP contribution in [-0.4, -0.2) is 16.1 Å². The molecule has 1 heterocycles. The standard InChI is InChI=1S/C31H29NO3/c1-18-9-8-10-25(13-18)32-27-12-7-6-11-26(27)31(30(32)35,23-14-19(2)28(33)20(3)15-23)24-16-21(4)29(34)22(5)17-24/h6-17,33-34H,1-5H3. The number of amides is 1. The van der Waals surface area contributed by atoms with Gasteiger partial charge in [0, 0.05) is 11.3 Å². The number of anilines is 2. The van der Waals surface area contributed by atoms with E-state index in [9.17, 15) is 15.0 Å². The molecular formula is C31H29NO3. The first kappa shape index (κ1) is 22.7. The van der Waals surface area contributed by atoms with Crippen LogP contribution in [0.5, 0.6) is 11.5 Å². The monoisotopic (exact) mass is 463 g/mol. The van der Waals surface area contributed by atoms with E-state index in [0.29, 0.717) is 22.3 Å². The van der Waals surface area contributed by atoms with Crippen LogP contribution >= 0.6 is 0 Å². The van der Waals surface area contributed by atoms with Crippen molar-refractivity contribution in [2.24, 2.45) is 0 Å². The molecular weight excluding hydrogens is 434 g/mol. The average molecular weight is 464 g/mol. The smallest absolute Gasteiger partial charge is 0.251 e. The highest BCUT2D eigenvalue weighted by Gasteiger charge is 2.54. The Morgan fingerprint density at radius 2 is 1.17 bits per heavy atom. The molecule has 4 heteroatoms. The summed E-state index contributed by atoms with van der Waals surface area (Å²) >= 11 is 0. The van der Waals surface area contributed by atoms with E-state index in [2.05, 4.69) is 0 Å². The summed E-state index contributed by atoms with van der Waals surface area (Å²) in [5.74, 6) is 0.380. The van der Waals surface area contributed by atoms with Gasteiger partial charge in [-0.2, -0.15) is 0 Å². The minimum absolute atomic E-state index is 0.0849. The highest BCUT2D eigenvalue weighted by atomic mass is 16.3. The van der Waals surface area contributed by atoms with Gasteiger partial charge in [0.25, 0.3) is 5.91 Å². The second-order valence-corrected chi connectivity index (χ2v) is 9.66. The molecule has 0 bridgehead atoms. The molecule has 5 rings (SSSR count). The largest absolute Gasteiger partial charge is 0.507 e. The number of carbonyl (C=O) groups excluding carboxylic acids is 1. The summed E-state index contributed by atoms with van der Waals surface area (Å²) in [6.07, 6.45) is 0. The van der Waals surface area contributed by atoms with Gasteiger partial charge in [-0.3, -0.25) is 9.69 Å². The van der Waals surface area contributed by atoms with Gasteiger partial charge in [-0.1, -0.05) is 54.6 Å². The zero-order valence-corrected chi connectivity index (χ0v) is 20.7. The summed E-state index contributed by atoms with van der Waals surface area (Å²) in [5.41, 5.74) is 6.88. The van der Waals surface area contributed by atoms with Gasteiger partial charge in [-0.15, -0.1) is 0 Å². The number of fused-ring (bicyclic) bond motifs is 1. The Bertz CT molecular complexity index is 1400. The van der Waals surface area contributed by atoms with E-state index in [1.807, 2.05) is 107 Å². The van der Waals surface area contributed by atoms with Crippen LogP contribution in [0.25, 0.3) is 0 Å². The fourth-order valence-electron chi connectivity index (χ4n) is 5.47. The highest BCUT2D eigenvalue weighted by molar-refractivity contribution is 6.17. The third kappa shape index (κ3) is 3.24. The van der Waals surface area contributed by atoms with Gasteiger partial charge < -0.3 is 10.2 Å². The first-order valence-electron chi connectivity index (χ1n) is 11.8. The Balaban J connectivity index is 1.92. The van der Waals surface area contributed by atoms with Crippen molar-refractivity contribution >= 4 is 17.3 Å². The number of aromatic hydroxyl groups is 2. The Labute approximate surface area is 206 Å². The molecule has 0 fully saturated rings. The fraction of sp³-hybridized carbons (Fsp3) is 0.194. The van der Waals surface area contributed by atoms with E-state index in [0.717, 1.165) is 33.6 Å². The van der Waals surface area contributed by atoms with E-state index in [1.54, 1.807) is 4.90 Å². The molecule has 1 aliphatic heterocycles. The van der Waals surface area contributed by atoms with Crippen LogP contribution in [0, 0.1) is 34.6 Å². The number of phenols is 2. The first-order valence-corrected chi connectivity index (χ1v) is 11.8. The molecule has 0 atom stereocenters. The molecule has 35 heavy (non-hydrogen) atoms. The molecule has 0 unspecified atom stereocenters. The molecule has 4 aromatic rings. The quantitative estimate of drug-likeness (QED) is 0.357. The van der Waals surface area contributed by atoms with E-state index >= 15 is 0 Å². The lowest BCUT2D eigenvalue weighted by Gasteiger charge is -2.32. The summed E-state index contributed by atoms with van der Waals surface area (Å²) in [5, 5.41) is 21.1. The van der Waals surface area contributed by atoms with Gasteiger partial charge >= 0.3 is 0 Å². The van der Waals surface area contributed by atoms with Crippen molar-refractivity contribution in [3.63, 3.8) is 0 Å². The lowest BCUT2D eigenvalue weighted by Crippen LogP contribution is -2.40. The minimum atomic E-state index is -1.15. The predicted molar refractivity (Wildman–Crippen MR) is 140 cm³/mol. The van der Waals surface area contributed by atoms with Crippen molar-refractivity contribution in [2.75, 3.05) is 4.90 Å². The summed E-state index contributed by atoms with van der Waals surface area (Å²) < 4.78 is 0. The Morgan fingerprint density at radius 1 is 0.657 bits per heavy atom. The summed E-state index contributed by atoms with van der Waals surface area (Å²) in [6, 6.07) is 23.5. The number of benzene rings is 4. The van der Waals surface area contributed by atoms with Crippen LogP contribution in [0.15, 0.2) is 72.8 Å². The molecule has 0 radical (unpaired) electrons. The molecule has 0 aromatic heterocycles. The third-order valence-electron chi connectivity index (χ3n) is 7.18. The van der Waals surface area contributed by atoms with Crippen LogP contribution in [0.3, 0.4) is 0 Å². The summed E-state index contributed by atoms with van der Waals surface area (Å²) in [6.45, 7) is 9.45. The fourth-order valence-corrected chi connectivity index (χ4v) is 5.47. The summed E-state index contributed by atoms with van der Waals surface area (Å²) in [7, 11) is 0. The second-order valence-electron chi connectivity index (χ2n) is 9.66. The molecule has 4 aromatic carbocycles. The zero-order chi connectivity index (χ0) is 25.1. The number of hydrogen-bond donors (Lipinski definition) is 2. The average Bonchev–Trinajstić information content (AvgIpc) is 3.09. The molecule has 0 saturated carbocycles. The lowest BCUT2D eigenvalue weighted by molar-refractivity contribution is -0.120. The normalized spacial score (nSPS) is 14.3. The van der Waals surface area contributed by atoms with Crippen molar-refractivity contribution in [1.29, 1.82) is 0 Å². The number of hydrogen-bond acceptors (Lipinski definition) is 3. The predicted octanol–water partition coefficient (Wildman–Crippen LogP) is 6.65. The molecule has 1 aliphatic rings. The Morgan fingerprint density at radius 3 is 1.69 bits per heavy atom. The molecule has 0 aliphatic carbocycles. The molecule has 2 N–H and O–H groups in total. The second kappa shape index (κ2) is 8.02. The number of para-hydroxylation sites is 1. The molecule has 4 nitrogen and oxygen atoms in total. The van der Waals surface area contributed by atoms with Crippen LogP contribution in [-0.2, 0) is 10.2 Å². The van der Waals surface area contributed by atoms with Crippen molar-refractivity contribution in [1.82, 2.24) is 0 Å². The van der Waals surface area contributed by atoms with Crippen molar-refractivity contribution < 1.29 is 15.0 Å². The van der Waals surface area contributed by atoms with Crippen molar-refractivity contribution in [3.8, 4) is 11.5 Å². The highest BCUT2D eigenvalue weighted by Crippen LogP contribution is 2.54. The Hall–Kier alpha value is -4.05. The lowest BCUT2D eigenvalue weighted by atomic mass is 9.69. The van der Waals surface area contributed by atoms with Gasteiger partial charge in [-0.25, -0.2) is 0 Å². The SMILES string of the molecule is Cc1cccc(N2C(=O)C(c3cc(C)c(O)c(C)c3)(c3cc(C)c(O)c(C)c3)c3ccccc32)c1. The number of nitrogens with zero attached hydrogens (tertiary/aromatic N) is 1. The van der Waals surface area contributed by atoms with Crippen molar-refractivity contribution in [3.05, 3.63) is 117 Å². The van der Waals surface area contributed by atoms with Crippen molar-refractivity contribution in [2.45, 2.75) is 40.0 Å². The van der Waals surface area contributed by atoms with Crippen LogP contribution in [0.4, 0.5) is 11.4 Å². The maximum Gasteiger partial charge on any atom is 0.251 e. The molecule has 1 amide bonds. The minimum Gasteiger partial charge on any atom is -0.507 e. The van der Waals surface area contributed by atoms with E-state index in [1.165, 1.54) is 0 Å². The number of phenolic OH excluding ortho intramolecular Hbond substituents is 2. The Kier molecular flexibility index (Phi) is 5.21. The van der Waals surface area contributed by atoms with E-state index in [-0.39, 0.29) is 17.4 Å². The maximum atomic E-state index is 14.8. The third-order valence-corrected chi connectivity index (χ3v) is 7.18. The topological polar surface area (TPSA) is 60.8 Å². The molecule has 0 saturated heterocycles. The van der Waals surface area contributed by atoms with Crippen LogP contribution in [0.1, 0.15) is 44.5 Å². The first-order chi connectivity index (χ1) is 16.7. The van der Waals surface area contributed by atoms with Crippen LogP contribution < -0.4 is 4.90 Å². The van der Waals surface area contributed by atoms with Crippen LogP contribution in [0.2, 0.25) is 0 Å². The van der Waals surface area contributed by atoms with Gasteiger partial charge in [-0.05, 0) is 91.8 Å². The molecule has 0 spiro atoms. The zero-order valence-electron chi connectivity index (χ0n) is 20.7. The van der Waals surface area contributed by atoms with Gasteiger partial charge in [0.15, 0.2) is 0 Å². The van der Waals surface area contributed by atoms with E-state index in [4.69, 9.17) is 0 Å². The van der Waals surface area contributed by atoms with Gasteiger partial charge in [0.05, 0.1) is 5.69 Å².